The number of amides is 2. The Morgan fingerprint density at radius 3 is 2.23 bits per heavy atom. The Morgan fingerprint density at radius 2 is 1.54 bits per heavy atom. The van der Waals surface area contributed by atoms with Crippen molar-refractivity contribution in [1.82, 2.24) is 0 Å². The second-order valence-electron chi connectivity index (χ2n) is 8.26. The zero-order valence-corrected chi connectivity index (χ0v) is 21.8. The lowest BCUT2D eigenvalue weighted by atomic mass is 10.1. The second-order valence-corrected chi connectivity index (χ2v) is 9.88. The maximum Gasteiger partial charge on any atom is 0.418 e. The Kier molecular flexibility index (Phi) is 9.16. The molecule has 0 radical (unpaired) electrons. The molecule has 4 aromatic rings. The van der Waals surface area contributed by atoms with Gasteiger partial charge in [0.25, 0.3) is 5.91 Å². The van der Waals surface area contributed by atoms with Gasteiger partial charge in [-0.25, -0.2) is 0 Å². The maximum atomic E-state index is 13.6. The molecule has 1 atom stereocenters. The Labute approximate surface area is 232 Å². The average Bonchev–Trinajstić information content (AvgIpc) is 2.92. The fraction of sp³-hybridized carbons (Fsp3) is 0.103. The van der Waals surface area contributed by atoms with Crippen LogP contribution in [-0.4, -0.2) is 18.4 Å². The van der Waals surface area contributed by atoms with E-state index in [0.717, 1.165) is 23.9 Å². The van der Waals surface area contributed by atoms with Gasteiger partial charge in [-0.2, -0.15) is 13.2 Å². The average molecular weight is 571 g/mol. The van der Waals surface area contributed by atoms with Crippen molar-refractivity contribution in [2.45, 2.75) is 16.3 Å². The quantitative estimate of drug-likeness (QED) is 0.201. The van der Waals surface area contributed by atoms with Crippen molar-refractivity contribution < 1.29 is 27.5 Å². The van der Waals surface area contributed by atoms with Crippen molar-refractivity contribution in [2.75, 3.05) is 17.2 Å². The highest BCUT2D eigenvalue weighted by molar-refractivity contribution is 8.00. The lowest BCUT2D eigenvalue weighted by Gasteiger charge is -2.20. The Balaban J connectivity index is 1.51. The predicted octanol–water partition coefficient (Wildman–Crippen LogP) is 7.85. The first kappa shape index (κ1) is 28.1. The third-order valence-electron chi connectivity index (χ3n) is 5.37. The smallest absolute Gasteiger partial charge is 0.418 e. The molecule has 4 rings (SSSR count). The number of alkyl halides is 3. The molecule has 0 spiro atoms. The Bertz CT molecular complexity index is 1440. The highest BCUT2D eigenvalue weighted by atomic mass is 35.5. The largest absolute Gasteiger partial charge is 0.484 e. The molecular weight excluding hydrogens is 549 g/mol. The number of ether oxygens (including phenoxy) is 1. The summed E-state index contributed by atoms with van der Waals surface area (Å²) in [6.45, 7) is -0.195. The molecule has 0 fully saturated rings. The van der Waals surface area contributed by atoms with E-state index in [1.165, 1.54) is 6.07 Å². The molecule has 0 bridgehead atoms. The summed E-state index contributed by atoms with van der Waals surface area (Å²) in [5.41, 5.74) is -0.361. The second kappa shape index (κ2) is 12.7. The molecule has 39 heavy (non-hydrogen) atoms. The van der Waals surface area contributed by atoms with Crippen LogP contribution in [0.15, 0.2) is 108 Å². The fourth-order valence-electron chi connectivity index (χ4n) is 3.60. The first-order valence-corrected chi connectivity index (χ1v) is 12.9. The van der Waals surface area contributed by atoms with E-state index in [4.69, 9.17) is 16.3 Å². The number of hydrogen-bond acceptors (Lipinski definition) is 4. The number of thioether (sulfide) groups is 1. The van der Waals surface area contributed by atoms with Crippen LogP contribution in [0.25, 0.3) is 0 Å². The van der Waals surface area contributed by atoms with E-state index in [1.54, 1.807) is 78.9 Å². The van der Waals surface area contributed by atoms with Gasteiger partial charge in [0.15, 0.2) is 6.61 Å². The van der Waals surface area contributed by atoms with Gasteiger partial charge in [0.1, 0.15) is 11.0 Å². The number of carbonyl (C=O) groups is 2. The molecule has 4 aromatic carbocycles. The Hall–Kier alpha value is -3.95. The summed E-state index contributed by atoms with van der Waals surface area (Å²) in [6, 6.07) is 27.6. The van der Waals surface area contributed by atoms with E-state index < -0.39 is 28.6 Å². The maximum absolute atomic E-state index is 13.6. The highest BCUT2D eigenvalue weighted by Crippen LogP contribution is 2.40. The topological polar surface area (TPSA) is 67.4 Å². The van der Waals surface area contributed by atoms with Gasteiger partial charge in [-0.05, 0) is 54.1 Å². The minimum Gasteiger partial charge on any atom is -0.484 e. The van der Waals surface area contributed by atoms with E-state index in [0.29, 0.717) is 21.9 Å². The van der Waals surface area contributed by atoms with Crippen LogP contribution in [0, 0.1) is 0 Å². The van der Waals surface area contributed by atoms with Crippen molar-refractivity contribution in [2.24, 2.45) is 0 Å². The molecule has 0 aliphatic rings. The summed E-state index contributed by atoms with van der Waals surface area (Å²) in [6.07, 6.45) is -4.71. The number of halogens is 4. The first-order valence-electron chi connectivity index (χ1n) is 11.7. The van der Waals surface area contributed by atoms with Crippen LogP contribution < -0.4 is 15.4 Å². The lowest BCUT2D eigenvalue weighted by molar-refractivity contribution is -0.137. The molecule has 0 aromatic heterocycles. The summed E-state index contributed by atoms with van der Waals surface area (Å²) in [7, 11) is 0. The first-order chi connectivity index (χ1) is 18.7. The molecule has 200 valence electrons. The van der Waals surface area contributed by atoms with Crippen LogP contribution in [0.4, 0.5) is 24.5 Å². The zero-order valence-electron chi connectivity index (χ0n) is 20.2. The minimum atomic E-state index is -4.71. The van der Waals surface area contributed by atoms with Gasteiger partial charge in [-0.3, -0.25) is 9.59 Å². The molecule has 0 heterocycles. The van der Waals surface area contributed by atoms with E-state index in [9.17, 15) is 22.8 Å². The number of rotatable bonds is 9. The molecular formula is C29H22ClF3N2O3S. The normalized spacial score (nSPS) is 11.9. The van der Waals surface area contributed by atoms with Crippen molar-refractivity contribution in [3.63, 3.8) is 0 Å². The van der Waals surface area contributed by atoms with Gasteiger partial charge >= 0.3 is 6.18 Å². The number of benzene rings is 4. The zero-order chi connectivity index (χ0) is 27.8. The molecule has 0 saturated carbocycles. The highest BCUT2D eigenvalue weighted by Gasteiger charge is 2.35. The standard InChI is InChI=1S/C29H22ClF3N2O3S/c30-20-14-15-25(24(16-20)29(31,32)33)35-28(37)27(19-8-3-1-4-9-19)39-23-13-7-10-21(17-23)34-26(36)18-38-22-11-5-2-6-12-22/h1-17,27H,18H2,(H,34,36)(H,35,37). The summed E-state index contributed by atoms with van der Waals surface area (Å²) in [5, 5.41) is 4.18. The van der Waals surface area contributed by atoms with Gasteiger partial charge in [0, 0.05) is 15.6 Å². The van der Waals surface area contributed by atoms with Gasteiger partial charge in [0.2, 0.25) is 5.91 Å². The predicted molar refractivity (Wildman–Crippen MR) is 147 cm³/mol. The van der Waals surface area contributed by atoms with E-state index >= 15 is 0 Å². The molecule has 2 amide bonds. The summed E-state index contributed by atoms with van der Waals surface area (Å²) < 4.78 is 46.2. The number of anilines is 2. The third kappa shape index (κ3) is 8.02. The van der Waals surface area contributed by atoms with Crippen LogP contribution in [0.2, 0.25) is 5.02 Å². The van der Waals surface area contributed by atoms with Crippen molar-refractivity contribution in [3.05, 3.63) is 119 Å². The molecule has 2 N–H and O–H groups in total. The van der Waals surface area contributed by atoms with E-state index in [-0.39, 0.29) is 17.5 Å². The van der Waals surface area contributed by atoms with Gasteiger partial charge in [0.05, 0.1) is 11.3 Å². The summed E-state index contributed by atoms with van der Waals surface area (Å²) >= 11 is 6.91. The monoisotopic (exact) mass is 570 g/mol. The van der Waals surface area contributed by atoms with Crippen LogP contribution in [0.3, 0.4) is 0 Å². The van der Waals surface area contributed by atoms with Crippen LogP contribution in [0.1, 0.15) is 16.4 Å². The summed E-state index contributed by atoms with van der Waals surface area (Å²) in [5.74, 6) is -0.464. The van der Waals surface area contributed by atoms with E-state index in [2.05, 4.69) is 10.6 Å². The number of hydrogen-bond donors (Lipinski definition) is 2. The van der Waals surface area contributed by atoms with Crippen molar-refractivity contribution >= 4 is 46.6 Å². The fourth-order valence-corrected chi connectivity index (χ4v) is 4.86. The van der Waals surface area contributed by atoms with Gasteiger partial charge in [-0.15, -0.1) is 11.8 Å². The number of carbonyl (C=O) groups excluding carboxylic acids is 2. The lowest BCUT2D eigenvalue weighted by Crippen LogP contribution is -2.21. The molecule has 1 unspecified atom stereocenters. The SMILES string of the molecule is O=C(COc1ccccc1)Nc1cccc(SC(C(=O)Nc2ccc(Cl)cc2C(F)(F)F)c2ccccc2)c1. The number of nitrogens with one attached hydrogen (secondary N) is 2. The molecule has 0 aliphatic heterocycles. The molecule has 10 heteroatoms. The Morgan fingerprint density at radius 1 is 0.846 bits per heavy atom. The van der Waals surface area contributed by atoms with Crippen LogP contribution in [-0.2, 0) is 15.8 Å². The third-order valence-corrected chi connectivity index (χ3v) is 6.85. The molecule has 0 saturated heterocycles. The van der Waals surface area contributed by atoms with Gasteiger partial charge < -0.3 is 15.4 Å². The molecule has 5 nitrogen and oxygen atoms in total. The van der Waals surface area contributed by atoms with Crippen LogP contribution >= 0.6 is 23.4 Å². The van der Waals surface area contributed by atoms with E-state index in [1.807, 2.05) is 6.07 Å². The van der Waals surface area contributed by atoms with Crippen molar-refractivity contribution in [1.29, 1.82) is 0 Å². The summed E-state index contributed by atoms with van der Waals surface area (Å²) in [4.78, 5) is 26.3. The van der Waals surface area contributed by atoms with Crippen molar-refractivity contribution in [3.8, 4) is 5.75 Å². The van der Waals surface area contributed by atoms with Crippen LogP contribution in [0.5, 0.6) is 5.75 Å². The molecule has 0 aliphatic carbocycles. The minimum absolute atomic E-state index is 0.0951. The van der Waals surface area contributed by atoms with Gasteiger partial charge in [-0.1, -0.05) is 66.2 Å². The number of para-hydroxylation sites is 1.